The second kappa shape index (κ2) is 13.1. The largest absolute Gasteiger partial charge is 0.384 e. The van der Waals surface area contributed by atoms with Crippen molar-refractivity contribution in [1.29, 1.82) is 5.53 Å². The van der Waals surface area contributed by atoms with Gasteiger partial charge in [-0.2, -0.15) is 5.53 Å². The molecule has 1 aromatic carbocycles. The van der Waals surface area contributed by atoms with Gasteiger partial charge in [0.1, 0.15) is 17.2 Å². The summed E-state index contributed by atoms with van der Waals surface area (Å²) in [5.41, 5.74) is 15.5. The van der Waals surface area contributed by atoms with Crippen LogP contribution in [0.25, 0.3) is 0 Å². The molecule has 1 fully saturated rings. The molecule has 43 heavy (non-hydrogen) atoms. The van der Waals surface area contributed by atoms with Crippen molar-refractivity contribution < 1.29 is 9.59 Å². The number of hydrogen-bond acceptors (Lipinski definition) is 6. The van der Waals surface area contributed by atoms with Crippen LogP contribution in [-0.4, -0.2) is 45.5 Å². The van der Waals surface area contributed by atoms with E-state index >= 15 is 0 Å². The van der Waals surface area contributed by atoms with Gasteiger partial charge in [0, 0.05) is 23.0 Å². The van der Waals surface area contributed by atoms with E-state index in [1.54, 1.807) is 18.3 Å². The van der Waals surface area contributed by atoms with Crippen LogP contribution in [0.5, 0.6) is 0 Å². The van der Waals surface area contributed by atoms with Crippen LogP contribution in [0.15, 0.2) is 57.9 Å². The van der Waals surface area contributed by atoms with Crippen LogP contribution in [0.3, 0.4) is 0 Å². The third-order valence-corrected chi connectivity index (χ3v) is 8.78. The molecular formula is C33H46N8O2. The number of amidine groups is 1. The lowest BCUT2D eigenvalue weighted by molar-refractivity contribution is -0.133. The number of nitrogens with one attached hydrogen (secondary N) is 2. The molecule has 230 valence electrons. The van der Waals surface area contributed by atoms with E-state index in [0.29, 0.717) is 23.1 Å². The average Bonchev–Trinajstić information content (AvgIpc) is 3.23. The first-order chi connectivity index (χ1) is 20.3. The molecule has 2 aliphatic rings. The summed E-state index contributed by atoms with van der Waals surface area (Å²) in [4.78, 5) is 39.0. The number of aliphatic imine (C=N–C) groups is 1. The summed E-state index contributed by atoms with van der Waals surface area (Å²) < 4.78 is 0. The van der Waals surface area contributed by atoms with Crippen molar-refractivity contribution in [2.24, 2.45) is 38.3 Å². The van der Waals surface area contributed by atoms with Gasteiger partial charge >= 0.3 is 0 Å². The molecule has 1 aliphatic carbocycles. The Hall–Kier alpha value is -3.95. The predicted molar refractivity (Wildman–Crippen MR) is 169 cm³/mol. The van der Waals surface area contributed by atoms with E-state index < -0.39 is 5.66 Å². The minimum Gasteiger partial charge on any atom is -0.384 e. The summed E-state index contributed by atoms with van der Waals surface area (Å²) in [6, 6.07) is 11.1. The number of benzene rings is 1. The highest BCUT2D eigenvalue weighted by molar-refractivity contribution is 6.46. The molecule has 1 aromatic heterocycles. The Morgan fingerprint density at radius 3 is 2.44 bits per heavy atom. The topological polar surface area (TPSA) is 149 Å². The fraction of sp³-hybridized carbons (Fsp3) is 0.545. The van der Waals surface area contributed by atoms with Crippen molar-refractivity contribution in [3.63, 3.8) is 0 Å². The number of aromatic nitrogens is 1. The Balaban J connectivity index is 1.71. The number of carbonyl (C=O) groups excluding carboxylic acids is 2. The number of nitrogens with zero attached hydrogens (tertiary/aromatic N) is 5. The van der Waals surface area contributed by atoms with Gasteiger partial charge in [0.2, 0.25) is 0 Å². The SMILES string of the molecule is Cc1cc(C2=NC3(CCC(C(C)C)CC3)N(C(CCC(C)(C)C)c3ccc(C(=O)NCC(N)=NN=N)cc3)C2=O)ccn1. The third kappa shape index (κ3) is 7.53. The van der Waals surface area contributed by atoms with E-state index in [0.717, 1.165) is 55.3 Å². The van der Waals surface area contributed by atoms with Crippen LogP contribution in [0.2, 0.25) is 0 Å². The summed E-state index contributed by atoms with van der Waals surface area (Å²) in [5, 5.41) is 9.02. The quantitative estimate of drug-likeness (QED) is 0.132. The van der Waals surface area contributed by atoms with Crippen LogP contribution < -0.4 is 11.1 Å². The molecule has 10 heteroatoms. The lowest BCUT2D eigenvalue weighted by Gasteiger charge is -2.46. The number of rotatable bonds is 10. The number of carbonyl (C=O) groups is 2. The molecule has 4 rings (SSSR count). The van der Waals surface area contributed by atoms with Gasteiger partial charge < -0.3 is 16.0 Å². The van der Waals surface area contributed by atoms with Gasteiger partial charge in [-0.1, -0.05) is 52.0 Å². The van der Waals surface area contributed by atoms with E-state index in [4.69, 9.17) is 16.3 Å². The first kappa shape index (κ1) is 32.0. The van der Waals surface area contributed by atoms with Gasteiger partial charge in [-0.15, -0.1) is 5.10 Å². The zero-order valence-corrected chi connectivity index (χ0v) is 26.4. The zero-order chi connectivity index (χ0) is 31.4. The second-order valence-electron chi connectivity index (χ2n) is 13.5. The van der Waals surface area contributed by atoms with Gasteiger partial charge in [0.15, 0.2) is 0 Å². The number of hydrogen-bond donors (Lipinski definition) is 3. The van der Waals surface area contributed by atoms with Crippen LogP contribution in [-0.2, 0) is 4.79 Å². The molecule has 1 unspecified atom stereocenters. The van der Waals surface area contributed by atoms with Crippen LogP contribution >= 0.6 is 0 Å². The summed E-state index contributed by atoms with van der Waals surface area (Å²) >= 11 is 0. The van der Waals surface area contributed by atoms with Gasteiger partial charge in [0.25, 0.3) is 11.8 Å². The maximum absolute atomic E-state index is 14.5. The molecule has 2 amide bonds. The number of amides is 2. The summed E-state index contributed by atoms with van der Waals surface area (Å²) in [5.74, 6) is 0.911. The molecule has 4 N–H and O–H groups in total. The molecule has 2 heterocycles. The molecule has 0 radical (unpaired) electrons. The molecule has 10 nitrogen and oxygen atoms in total. The van der Waals surface area contributed by atoms with Crippen LogP contribution in [0, 0.1) is 29.7 Å². The van der Waals surface area contributed by atoms with Crippen molar-refractivity contribution in [3.05, 3.63) is 65.0 Å². The zero-order valence-electron chi connectivity index (χ0n) is 26.4. The summed E-state index contributed by atoms with van der Waals surface area (Å²) in [6.07, 6.45) is 7.14. The first-order valence-corrected chi connectivity index (χ1v) is 15.3. The molecular weight excluding hydrogens is 540 g/mol. The maximum atomic E-state index is 14.5. The summed E-state index contributed by atoms with van der Waals surface area (Å²) in [7, 11) is 0. The number of pyridine rings is 1. The standard InChI is InChI=1S/C33H46N8O2/c1-21(2)23-11-16-33(17-12-23)38-29(26-14-18-36-22(3)19-26)31(43)41(33)27(13-15-32(4,5)6)24-7-9-25(10-8-24)30(42)37-20-28(34)39-40-35/h7-10,14,18-19,21,23,27H,11-13,15-17,20H2,1-6H3,(H,37,42)(H3,34,35,39). The summed E-state index contributed by atoms with van der Waals surface area (Å²) in [6.45, 7) is 13.1. The highest BCUT2D eigenvalue weighted by atomic mass is 16.2. The predicted octanol–water partition coefficient (Wildman–Crippen LogP) is 6.16. The third-order valence-electron chi connectivity index (χ3n) is 8.78. The average molecular weight is 587 g/mol. The number of nitrogens with two attached hydrogens (primary N) is 1. The fourth-order valence-corrected chi connectivity index (χ4v) is 6.29. The Morgan fingerprint density at radius 1 is 1.19 bits per heavy atom. The highest BCUT2D eigenvalue weighted by Gasteiger charge is 2.52. The van der Waals surface area contributed by atoms with Gasteiger partial charge in [-0.25, -0.2) is 0 Å². The van der Waals surface area contributed by atoms with Gasteiger partial charge in [-0.05, 0) is 92.5 Å². The van der Waals surface area contributed by atoms with E-state index in [2.05, 4.69) is 60.1 Å². The maximum Gasteiger partial charge on any atom is 0.275 e. The van der Waals surface area contributed by atoms with E-state index in [-0.39, 0.29) is 35.7 Å². The van der Waals surface area contributed by atoms with Gasteiger partial charge in [-0.3, -0.25) is 19.6 Å². The minimum absolute atomic E-state index is 0.00601. The van der Waals surface area contributed by atoms with E-state index in [1.165, 1.54) is 0 Å². The van der Waals surface area contributed by atoms with E-state index in [1.807, 2.05) is 31.2 Å². The first-order valence-electron chi connectivity index (χ1n) is 15.3. The molecule has 1 spiro atoms. The lowest BCUT2D eigenvalue weighted by Crippen LogP contribution is -2.51. The van der Waals surface area contributed by atoms with Crippen molar-refractivity contribution in [2.75, 3.05) is 6.54 Å². The smallest absolute Gasteiger partial charge is 0.275 e. The Morgan fingerprint density at radius 2 is 1.86 bits per heavy atom. The highest BCUT2D eigenvalue weighted by Crippen LogP contribution is 2.48. The Kier molecular flexibility index (Phi) is 9.77. The molecule has 1 atom stereocenters. The van der Waals surface area contributed by atoms with Gasteiger partial charge in [0.05, 0.1) is 12.6 Å². The second-order valence-corrected chi connectivity index (χ2v) is 13.5. The molecule has 2 aromatic rings. The van der Waals surface area contributed by atoms with Crippen molar-refractivity contribution >= 4 is 23.4 Å². The molecule has 1 aliphatic heterocycles. The fourth-order valence-electron chi connectivity index (χ4n) is 6.29. The van der Waals surface area contributed by atoms with E-state index in [9.17, 15) is 9.59 Å². The molecule has 1 saturated carbocycles. The lowest BCUT2D eigenvalue weighted by atomic mass is 9.75. The minimum atomic E-state index is -0.604. The molecule has 0 bridgehead atoms. The normalized spacial score (nSPS) is 21.7. The van der Waals surface area contributed by atoms with Crippen molar-refractivity contribution in [2.45, 2.75) is 91.8 Å². The number of aryl methyl sites for hydroxylation is 1. The van der Waals surface area contributed by atoms with Crippen molar-refractivity contribution in [3.8, 4) is 0 Å². The molecule has 0 saturated heterocycles. The van der Waals surface area contributed by atoms with Crippen LogP contribution in [0.1, 0.15) is 106 Å². The van der Waals surface area contributed by atoms with Crippen molar-refractivity contribution in [1.82, 2.24) is 15.2 Å². The monoisotopic (exact) mass is 586 g/mol. The van der Waals surface area contributed by atoms with Crippen LogP contribution in [0.4, 0.5) is 0 Å². The Bertz CT molecular complexity index is 1380. The Labute approximate surface area is 255 Å².